The number of rotatable bonds is 7. The third kappa shape index (κ3) is 4.48. The molecular formula is C20H22N4O5S2. The van der Waals surface area contributed by atoms with Crippen molar-refractivity contribution >= 4 is 38.7 Å². The molecule has 11 heteroatoms. The molecular weight excluding hydrogens is 440 g/mol. The number of nitrogens with one attached hydrogen (secondary N) is 1. The summed E-state index contributed by atoms with van der Waals surface area (Å²) < 4.78 is 35.8. The molecule has 3 aromatic rings. The van der Waals surface area contributed by atoms with Crippen LogP contribution < -0.4 is 19.9 Å². The number of aromatic nitrogens is 2. The van der Waals surface area contributed by atoms with Gasteiger partial charge >= 0.3 is 0 Å². The summed E-state index contributed by atoms with van der Waals surface area (Å²) in [5.74, 6) is 1.39. The highest BCUT2D eigenvalue weighted by atomic mass is 32.2. The fraction of sp³-hybridized carbons (Fsp3) is 0.300. The van der Waals surface area contributed by atoms with Crippen molar-refractivity contribution in [2.75, 3.05) is 12.5 Å². The van der Waals surface area contributed by atoms with Gasteiger partial charge in [0.2, 0.25) is 22.7 Å². The number of benzene rings is 2. The van der Waals surface area contributed by atoms with Gasteiger partial charge < -0.3 is 19.4 Å². The third-order valence-corrected chi connectivity index (χ3v) is 6.82. The molecule has 1 aliphatic heterocycles. The molecule has 3 N–H and O–H groups in total. The number of carbonyl (C=O) groups excluding carboxylic acids is 1. The molecule has 1 unspecified atom stereocenters. The van der Waals surface area contributed by atoms with Crippen molar-refractivity contribution in [3.05, 3.63) is 42.0 Å². The Kier molecular flexibility index (Phi) is 5.82. The largest absolute Gasteiger partial charge is 0.454 e. The summed E-state index contributed by atoms with van der Waals surface area (Å²) >= 11 is 1.29. The first-order chi connectivity index (χ1) is 14.8. The number of imidazole rings is 1. The average molecular weight is 463 g/mol. The Hall–Kier alpha value is -2.76. The predicted molar refractivity (Wildman–Crippen MR) is 117 cm³/mol. The Balaban J connectivity index is 1.45. The first kappa shape index (κ1) is 21.5. The lowest BCUT2D eigenvalue weighted by Crippen LogP contribution is -2.28. The van der Waals surface area contributed by atoms with Gasteiger partial charge in [-0.25, -0.2) is 18.5 Å². The van der Waals surface area contributed by atoms with E-state index in [1.165, 1.54) is 23.9 Å². The molecule has 0 spiro atoms. The number of amides is 1. The van der Waals surface area contributed by atoms with Crippen molar-refractivity contribution in [1.82, 2.24) is 14.9 Å². The van der Waals surface area contributed by atoms with Gasteiger partial charge in [-0.05, 0) is 49.7 Å². The number of carbonyl (C=O) groups is 1. The van der Waals surface area contributed by atoms with Crippen LogP contribution in [0.4, 0.5) is 0 Å². The number of hydrogen-bond donors (Lipinski definition) is 2. The lowest BCUT2D eigenvalue weighted by molar-refractivity contribution is -0.119. The number of primary sulfonamides is 1. The molecule has 0 bridgehead atoms. The van der Waals surface area contributed by atoms with Gasteiger partial charge in [-0.1, -0.05) is 17.8 Å². The number of thioether (sulfide) groups is 1. The summed E-state index contributed by atoms with van der Waals surface area (Å²) in [7, 11) is -3.81. The smallest absolute Gasteiger partial charge is 0.238 e. The zero-order valence-corrected chi connectivity index (χ0v) is 18.6. The topological polar surface area (TPSA) is 126 Å². The van der Waals surface area contributed by atoms with Gasteiger partial charge in [-0.15, -0.1) is 0 Å². The SMILES string of the molecule is CCn1c(SCC(=O)NC(C)c2ccc3c(c2)OCO3)nc2cc(S(N)(=O)=O)ccc21. The van der Waals surface area contributed by atoms with Gasteiger partial charge in [-0.3, -0.25) is 4.79 Å². The van der Waals surface area contributed by atoms with Gasteiger partial charge in [-0.2, -0.15) is 0 Å². The van der Waals surface area contributed by atoms with E-state index in [-0.39, 0.29) is 29.4 Å². The maximum Gasteiger partial charge on any atom is 0.238 e. The molecule has 0 saturated carbocycles. The first-order valence-electron chi connectivity index (χ1n) is 9.61. The van der Waals surface area contributed by atoms with Crippen LogP contribution in [0.5, 0.6) is 11.5 Å². The van der Waals surface area contributed by atoms with Gasteiger partial charge in [0.1, 0.15) is 0 Å². The van der Waals surface area contributed by atoms with Crippen LogP contribution in [-0.4, -0.2) is 36.4 Å². The number of sulfonamides is 1. The summed E-state index contributed by atoms with van der Waals surface area (Å²) in [5.41, 5.74) is 2.22. The molecule has 0 aliphatic carbocycles. The van der Waals surface area contributed by atoms with Gasteiger partial charge in [0.05, 0.1) is 27.7 Å². The summed E-state index contributed by atoms with van der Waals surface area (Å²) in [6, 6.07) is 9.96. The predicted octanol–water partition coefficient (Wildman–Crippen LogP) is 2.40. The summed E-state index contributed by atoms with van der Waals surface area (Å²) in [6.07, 6.45) is 0. The van der Waals surface area contributed by atoms with Crippen LogP contribution in [0.15, 0.2) is 46.5 Å². The maximum absolute atomic E-state index is 12.5. The summed E-state index contributed by atoms with van der Waals surface area (Å²) in [4.78, 5) is 17.0. The fourth-order valence-electron chi connectivity index (χ4n) is 3.36. The van der Waals surface area contributed by atoms with Crippen molar-refractivity contribution < 1.29 is 22.7 Å². The van der Waals surface area contributed by atoms with Crippen molar-refractivity contribution in [2.45, 2.75) is 36.5 Å². The second-order valence-corrected chi connectivity index (χ2v) is 9.53. The number of nitrogens with zero attached hydrogens (tertiary/aromatic N) is 2. The van der Waals surface area contributed by atoms with Gasteiger partial charge in [0, 0.05) is 6.54 Å². The molecule has 2 aromatic carbocycles. The van der Waals surface area contributed by atoms with Gasteiger partial charge in [0.15, 0.2) is 16.7 Å². The number of nitrogens with two attached hydrogens (primary N) is 1. The Morgan fingerprint density at radius 3 is 2.77 bits per heavy atom. The highest BCUT2D eigenvalue weighted by Gasteiger charge is 2.18. The Labute approximate surface area is 184 Å². The van der Waals surface area contributed by atoms with E-state index in [2.05, 4.69) is 10.3 Å². The normalized spacial score (nSPS) is 14.0. The van der Waals surface area contributed by atoms with E-state index >= 15 is 0 Å². The maximum atomic E-state index is 12.5. The molecule has 0 fully saturated rings. The molecule has 164 valence electrons. The standard InChI is InChI=1S/C20H22N4O5S2/c1-3-24-16-6-5-14(31(21,26)27)9-15(16)23-20(24)30-10-19(25)22-12(2)13-4-7-17-18(8-13)29-11-28-17/h4-9,12H,3,10-11H2,1-2H3,(H,22,25)(H2,21,26,27). The molecule has 2 heterocycles. The monoisotopic (exact) mass is 462 g/mol. The van der Waals surface area contributed by atoms with Crippen molar-refractivity contribution in [3.63, 3.8) is 0 Å². The van der Waals surface area contributed by atoms with Crippen LogP contribution in [0.2, 0.25) is 0 Å². The summed E-state index contributed by atoms with van der Waals surface area (Å²) in [6.45, 7) is 4.69. The Bertz CT molecular complexity index is 1260. The van der Waals surface area contributed by atoms with Crippen LogP contribution >= 0.6 is 11.8 Å². The van der Waals surface area contributed by atoms with Gasteiger partial charge in [0.25, 0.3) is 0 Å². The zero-order valence-electron chi connectivity index (χ0n) is 17.0. The molecule has 1 aromatic heterocycles. The van der Waals surface area contributed by atoms with E-state index in [0.717, 1.165) is 11.1 Å². The molecule has 1 atom stereocenters. The Morgan fingerprint density at radius 2 is 2.03 bits per heavy atom. The van der Waals surface area contributed by atoms with E-state index in [0.29, 0.717) is 28.7 Å². The van der Waals surface area contributed by atoms with E-state index in [4.69, 9.17) is 14.6 Å². The number of fused-ring (bicyclic) bond motifs is 2. The number of hydrogen-bond acceptors (Lipinski definition) is 7. The fourth-order valence-corrected chi connectivity index (χ4v) is 4.78. The van der Waals surface area contributed by atoms with E-state index in [9.17, 15) is 13.2 Å². The second kappa shape index (κ2) is 8.40. The van der Waals surface area contributed by atoms with Crippen LogP contribution in [0.3, 0.4) is 0 Å². The molecule has 1 aliphatic rings. The Morgan fingerprint density at radius 1 is 1.26 bits per heavy atom. The summed E-state index contributed by atoms with van der Waals surface area (Å²) in [5, 5.41) is 8.82. The molecule has 4 rings (SSSR count). The van der Waals surface area contributed by atoms with Crippen LogP contribution in [0, 0.1) is 0 Å². The van der Waals surface area contributed by atoms with E-state index in [1.807, 2.05) is 36.6 Å². The minimum atomic E-state index is -3.81. The number of aryl methyl sites for hydroxylation is 1. The minimum absolute atomic E-state index is 0.00703. The molecule has 1 amide bonds. The molecule has 31 heavy (non-hydrogen) atoms. The lowest BCUT2D eigenvalue weighted by Gasteiger charge is -2.15. The number of ether oxygens (including phenoxy) is 2. The minimum Gasteiger partial charge on any atom is -0.454 e. The van der Waals surface area contributed by atoms with Crippen molar-refractivity contribution in [2.24, 2.45) is 5.14 Å². The zero-order chi connectivity index (χ0) is 22.2. The average Bonchev–Trinajstić information content (AvgIpc) is 3.34. The molecule has 0 radical (unpaired) electrons. The first-order valence-corrected chi connectivity index (χ1v) is 12.1. The van der Waals surface area contributed by atoms with Crippen LogP contribution in [-0.2, 0) is 21.4 Å². The highest BCUT2D eigenvalue weighted by molar-refractivity contribution is 7.99. The van der Waals surface area contributed by atoms with Crippen molar-refractivity contribution in [3.8, 4) is 11.5 Å². The third-order valence-electron chi connectivity index (χ3n) is 4.94. The van der Waals surface area contributed by atoms with E-state index < -0.39 is 10.0 Å². The molecule has 0 saturated heterocycles. The molecule has 9 nitrogen and oxygen atoms in total. The highest BCUT2D eigenvalue weighted by Crippen LogP contribution is 2.34. The van der Waals surface area contributed by atoms with Crippen LogP contribution in [0.25, 0.3) is 11.0 Å². The second-order valence-electron chi connectivity index (χ2n) is 7.02. The quantitative estimate of drug-likeness (QED) is 0.516. The lowest BCUT2D eigenvalue weighted by atomic mass is 10.1. The van der Waals surface area contributed by atoms with Crippen molar-refractivity contribution in [1.29, 1.82) is 0 Å². The van der Waals surface area contributed by atoms with E-state index in [1.54, 1.807) is 6.07 Å². The van der Waals surface area contributed by atoms with Crippen LogP contribution in [0.1, 0.15) is 25.5 Å².